The second kappa shape index (κ2) is 7.56. The van der Waals surface area contributed by atoms with E-state index in [-0.39, 0.29) is 0 Å². The van der Waals surface area contributed by atoms with Crippen molar-refractivity contribution in [3.8, 4) is 5.75 Å². The summed E-state index contributed by atoms with van der Waals surface area (Å²) in [7, 11) is 1.68. The molecule has 5 heteroatoms. The topological polar surface area (TPSA) is 49.8 Å². The van der Waals surface area contributed by atoms with E-state index in [0.717, 1.165) is 43.0 Å². The lowest BCUT2D eigenvalue weighted by atomic mass is 9.81. The van der Waals surface area contributed by atoms with Crippen LogP contribution in [0.4, 0.5) is 0 Å². The number of carboxylic acid groups (broad SMARTS) is 1. The highest BCUT2D eigenvalue weighted by atomic mass is 32.2. The standard InChI is InChI=1S/C22H25NO3S/c1-26-18-8-4-9-19(12-18)27-20-10-3-2-6-16(20)13-23-14-17-7-5-11-22(17,15-23)21(24)25/h2-4,6,8-10,12,17H,5,7,11,13-15H2,1H3,(H,24,25)/t17-,22+/m0/s1. The maximum Gasteiger partial charge on any atom is 0.311 e. The Bertz CT molecular complexity index is 840. The Hall–Kier alpha value is -1.98. The molecule has 2 aromatic carbocycles. The minimum absolute atomic E-state index is 0.299. The minimum atomic E-state index is -0.605. The molecule has 1 aliphatic heterocycles. The highest BCUT2D eigenvalue weighted by Gasteiger charge is 2.54. The molecule has 0 unspecified atom stereocenters. The van der Waals surface area contributed by atoms with E-state index < -0.39 is 11.4 Å². The van der Waals surface area contributed by atoms with Crippen LogP contribution in [0.15, 0.2) is 58.3 Å². The van der Waals surface area contributed by atoms with Crippen LogP contribution in [-0.2, 0) is 11.3 Å². The first-order valence-corrected chi connectivity index (χ1v) is 10.3. The summed E-state index contributed by atoms with van der Waals surface area (Å²) >= 11 is 1.73. The van der Waals surface area contributed by atoms with E-state index in [1.165, 1.54) is 10.5 Å². The van der Waals surface area contributed by atoms with Crippen molar-refractivity contribution in [2.24, 2.45) is 11.3 Å². The van der Waals surface area contributed by atoms with Crippen LogP contribution in [-0.4, -0.2) is 36.2 Å². The number of nitrogens with zero attached hydrogens (tertiary/aromatic N) is 1. The number of carboxylic acids is 1. The summed E-state index contributed by atoms with van der Waals surface area (Å²) in [4.78, 5) is 16.6. The van der Waals surface area contributed by atoms with Crippen molar-refractivity contribution in [3.05, 3.63) is 54.1 Å². The Labute approximate surface area is 164 Å². The first-order valence-electron chi connectivity index (χ1n) is 9.46. The van der Waals surface area contributed by atoms with Gasteiger partial charge >= 0.3 is 5.97 Å². The molecule has 4 nitrogen and oxygen atoms in total. The number of hydrogen-bond donors (Lipinski definition) is 1. The van der Waals surface area contributed by atoms with Gasteiger partial charge in [-0.2, -0.15) is 0 Å². The minimum Gasteiger partial charge on any atom is -0.497 e. The maximum absolute atomic E-state index is 11.9. The van der Waals surface area contributed by atoms with Crippen LogP contribution in [0.3, 0.4) is 0 Å². The lowest BCUT2D eigenvalue weighted by molar-refractivity contribution is -0.149. The van der Waals surface area contributed by atoms with Gasteiger partial charge in [-0.15, -0.1) is 0 Å². The Balaban J connectivity index is 1.51. The summed E-state index contributed by atoms with van der Waals surface area (Å²) in [6, 6.07) is 16.5. The molecule has 1 saturated heterocycles. The summed E-state index contributed by atoms with van der Waals surface area (Å²) in [5, 5.41) is 9.81. The smallest absolute Gasteiger partial charge is 0.311 e. The lowest BCUT2D eigenvalue weighted by Gasteiger charge is -2.24. The molecular formula is C22H25NO3S. The summed E-state index contributed by atoms with van der Waals surface area (Å²) < 4.78 is 5.33. The summed E-state index contributed by atoms with van der Waals surface area (Å²) in [6.07, 6.45) is 2.92. The molecule has 2 fully saturated rings. The van der Waals surface area contributed by atoms with Crippen molar-refractivity contribution in [1.29, 1.82) is 0 Å². The molecule has 1 saturated carbocycles. The fraction of sp³-hybridized carbons (Fsp3) is 0.409. The second-order valence-electron chi connectivity index (χ2n) is 7.61. The van der Waals surface area contributed by atoms with Crippen molar-refractivity contribution in [3.63, 3.8) is 0 Å². The number of fused-ring (bicyclic) bond motifs is 1. The molecule has 2 aromatic rings. The summed E-state index contributed by atoms with van der Waals surface area (Å²) in [5.74, 6) is 0.549. The summed E-state index contributed by atoms with van der Waals surface area (Å²) in [5.41, 5.74) is 0.736. The van der Waals surface area contributed by atoms with Crippen molar-refractivity contribution in [2.75, 3.05) is 20.2 Å². The van der Waals surface area contributed by atoms with Crippen LogP contribution >= 0.6 is 11.8 Å². The molecule has 1 heterocycles. The number of ether oxygens (including phenoxy) is 1. The van der Waals surface area contributed by atoms with Gasteiger partial charge in [0.2, 0.25) is 0 Å². The van der Waals surface area contributed by atoms with Gasteiger partial charge in [0.1, 0.15) is 5.75 Å². The molecule has 2 aliphatic rings. The molecule has 0 radical (unpaired) electrons. The molecule has 27 heavy (non-hydrogen) atoms. The number of methoxy groups -OCH3 is 1. The Morgan fingerprint density at radius 3 is 2.93 bits per heavy atom. The molecule has 0 bridgehead atoms. The zero-order chi connectivity index (χ0) is 18.9. The van der Waals surface area contributed by atoms with E-state index in [9.17, 15) is 9.90 Å². The van der Waals surface area contributed by atoms with Crippen LogP contribution in [0.25, 0.3) is 0 Å². The van der Waals surface area contributed by atoms with E-state index in [4.69, 9.17) is 4.74 Å². The molecule has 2 atom stereocenters. The highest BCUT2D eigenvalue weighted by molar-refractivity contribution is 7.99. The molecular weight excluding hydrogens is 358 g/mol. The Morgan fingerprint density at radius 1 is 1.30 bits per heavy atom. The fourth-order valence-electron chi connectivity index (χ4n) is 4.63. The Kier molecular flexibility index (Phi) is 5.15. The zero-order valence-corrected chi connectivity index (χ0v) is 16.4. The zero-order valence-electron chi connectivity index (χ0n) is 15.6. The van der Waals surface area contributed by atoms with Gasteiger partial charge < -0.3 is 9.84 Å². The maximum atomic E-state index is 11.9. The van der Waals surface area contributed by atoms with E-state index in [1.54, 1.807) is 18.9 Å². The SMILES string of the molecule is COc1cccc(Sc2ccccc2CN2C[C@@H]3CCC[C@@]3(C(=O)O)C2)c1. The van der Waals surface area contributed by atoms with Crippen LogP contribution in [0, 0.1) is 11.3 Å². The molecule has 0 amide bonds. The van der Waals surface area contributed by atoms with Crippen molar-refractivity contribution in [2.45, 2.75) is 35.6 Å². The van der Waals surface area contributed by atoms with E-state index >= 15 is 0 Å². The second-order valence-corrected chi connectivity index (χ2v) is 8.72. The first kappa shape index (κ1) is 18.4. The van der Waals surface area contributed by atoms with Gasteiger partial charge in [-0.1, -0.05) is 42.4 Å². The predicted molar refractivity (Wildman–Crippen MR) is 106 cm³/mol. The van der Waals surface area contributed by atoms with Crippen LogP contribution in [0.1, 0.15) is 24.8 Å². The molecule has 1 N–H and O–H groups in total. The van der Waals surface area contributed by atoms with E-state index in [0.29, 0.717) is 12.5 Å². The highest BCUT2D eigenvalue weighted by Crippen LogP contribution is 2.49. The normalized spacial score (nSPS) is 24.7. The number of hydrogen-bond acceptors (Lipinski definition) is 4. The summed E-state index contributed by atoms with van der Waals surface area (Å²) in [6.45, 7) is 2.37. The molecule has 1 aliphatic carbocycles. The molecule has 0 spiro atoms. The average molecular weight is 384 g/mol. The van der Waals surface area contributed by atoms with Gasteiger partial charge in [0, 0.05) is 29.4 Å². The molecule has 142 valence electrons. The lowest BCUT2D eigenvalue weighted by Crippen LogP contribution is -2.35. The largest absolute Gasteiger partial charge is 0.497 e. The monoisotopic (exact) mass is 383 g/mol. The third-order valence-electron chi connectivity index (χ3n) is 6.00. The average Bonchev–Trinajstić information content (AvgIpc) is 3.22. The van der Waals surface area contributed by atoms with Gasteiger partial charge in [0.05, 0.1) is 12.5 Å². The molecule has 4 rings (SSSR count). The van der Waals surface area contributed by atoms with Gasteiger partial charge in [0.25, 0.3) is 0 Å². The van der Waals surface area contributed by atoms with Crippen LogP contribution in [0.5, 0.6) is 5.75 Å². The predicted octanol–water partition coefficient (Wildman–Crippen LogP) is 4.53. The van der Waals surface area contributed by atoms with Gasteiger partial charge in [-0.05, 0) is 48.6 Å². The van der Waals surface area contributed by atoms with E-state index in [2.05, 4.69) is 35.2 Å². The fourth-order valence-corrected chi connectivity index (χ4v) is 5.62. The van der Waals surface area contributed by atoms with Crippen molar-refractivity contribution in [1.82, 2.24) is 4.90 Å². The number of aliphatic carboxylic acids is 1. The van der Waals surface area contributed by atoms with Crippen LogP contribution in [0.2, 0.25) is 0 Å². The first-order chi connectivity index (χ1) is 13.1. The van der Waals surface area contributed by atoms with Gasteiger partial charge in [0.15, 0.2) is 0 Å². The van der Waals surface area contributed by atoms with Gasteiger partial charge in [-0.3, -0.25) is 9.69 Å². The molecule has 0 aromatic heterocycles. The number of rotatable bonds is 6. The Morgan fingerprint density at radius 2 is 2.15 bits per heavy atom. The van der Waals surface area contributed by atoms with E-state index in [1.807, 2.05) is 18.2 Å². The third-order valence-corrected chi connectivity index (χ3v) is 7.11. The number of carbonyl (C=O) groups is 1. The van der Waals surface area contributed by atoms with Gasteiger partial charge in [-0.25, -0.2) is 0 Å². The third kappa shape index (κ3) is 3.58. The number of benzene rings is 2. The quantitative estimate of drug-likeness (QED) is 0.794. The number of likely N-dealkylation sites (tertiary alicyclic amines) is 1. The van der Waals surface area contributed by atoms with Crippen molar-refractivity contribution >= 4 is 17.7 Å². The van der Waals surface area contributed by atoms with Crippen LogP contribution < -0.4 is 4.74 Å². The van der Waals surface area contributed by atoms with Crippen molar-refractivity contribution < 1.29 is 14.6 Å².